The van der Waals surface area contributed by atoms with Crippen LogP contribution in [0.15, 0.2) is 36.7 Å². The molecule has 5 nitrogen and oxygen atoms in total. The maximum absolute atomic E-state index is 13.8. The Morgan fingerprint density at radius 2 is 2.09 bits per heavy atom. The second-order valence-electron chi connectivity index (χ2n) is 7.93. The number of rotatable bonds is 7. The number of Topliss-reactive ketones (excluding diaryl/α,β-unsaturated/α-hetero) is 1. The molecule has 32 heavy (non-hydrogen) atoms. The Labute approximate surface area is 189 Å². The summed E-state index contributed by atoms with van der Waals surface area (Å²) in [5.41, 5.74) is 1.73. The summed E-state index contributed by atoms with van der Waals surface area (Å²) in [4.78, 5) is 33.2. The standard InChI is InChI=1S/C23H21ClF3N3O2/c1-14(15-3-4-18(24)19(25)10-15)9-16-12-29-8-7-17(16)20(31)5-6-22(32)30-13-23(26,27)11-21(30)28-2/h3-4,7-8,10,12,14,21H,5-6,9,11,13H2,1H3/t14?,21-/m0/s1. The number of alkyl halides is 2. The van der Waals surface area contributed by atoms with Crippen LogP contribution in [0.5, 0.6) is 0 Å². The molecule has 0 saturated carbocycles. The highest BCUT2D eigenvalue weighted by Gasteiger charge is 2.50. The van der Waals surface area contributed by atoms with Gasteiger partial charge in [0.2, 0.25) is 5.91 Å². The molecule has 1 aromatic carbocycles. The van der Waals surface area contributed by atoms with Gasteiger partial charge in [-0.2, -0.15) is 0 Å². The molecule has 0 spiro atoms. The molecule has 0 radical (unpaired) electrons. The predicted octanol–water partition coefficient (Wildman–Crippen LogP) is 5.30. The lowest BCUT2D eigenvalue weighted by molar-refractivity contribution is -0.132. The van der Waals surface area contributed by atoms with E-state index in [4.69, 9.17) is 18.2 Å². The number of hydrogen-bond donors (Lipinski definition) is 0. The molecular formula is C23H21ClF3N3O2. The topological polar surface area (TPSA) is 54.6 Å². The zero-order chi connectivity index (χ0) is 23.5. The molecule has 1 aliphatic rings. The number of amides is 1. The van der Waals surface area contributed by atoms with Crippen molar-refractivity contribution in [2.45, 2.75) is 50.6 Å². The summed E-state index contributed by atoms with van der Waals surface area (Å²) in [7, 11) is 0. The molecule has 0 N–H and O–H groups in total. The first-order valence-corrected chi connectivity index (χ1v) is 10.4. The molecule has 1 aliphatic heterocycles. The molecule has 1 saturated heterocycles. The third-order valence-electron chi connectivity index (χ3n) is 5.52. The Kier molecular flexibility index (Phi) is 7.19. The Hall–Kier alpha value is -2.92. The van der Waals surface area contributed by atoms with Gasteiger partial charge in [-0.25, -0.2) is 19.7 Å². The van der Waals surface area contributed by atoms with Crippen LogP contribution in [0, 0.1) is 12.4 Å². The lowest BCUT2D eigenvalue weighted by Gasteiger charge is -2.17. The first-order chi connectivity index (χ1) is 15.1. The maximum atomic E-state index is 13.8. The largest absolute Gasteiger partial charge is 0.306 e. The van der Waals surface area contributed by atoms with Crippen LogP contribution < -0.4 is 0 Å². The summed E-state index contributed by atoms with van der Waals surface area (Å²) in [5.74, 6) is -4.72. The number of likely N-dealkylation sites (tertiary alicyclic amines) is 1. The minimum atomic E-state index is -3.09. The minimum absolute atomic E-state index is 0.0269. The van der Waals surface area contributed by atoms with Crippen LogP contribution in [0.4, 0.5) is 13.2 Å². The Balaban J connectivity index is 1.67. The van der Waals surface area contributed by atoms with Gasteiger partial charge in [0.05, 0.1) is 11.6 Å². The van der Waals surface area contributed by atoms with Gasteiger partial charge in [-0.15, -0.1) is 0 Å². The first-order valence-electron chi connectivity index (χ1n) is 10.1. The number of benzene rings is 1. The minimum Gasteiger partial charge on any atom is -0.294 e. The highest BCUT2D eigenvalue weighted by Crippen LogP contribution is 2.33. The summed E-state index contributed by atoms with van der Waals surface area (Å²) in [6, 6.07) is 6.08. The van der Waals surface area contributed by atoms with Gasteiger partial charge in [-0.1, -0.05) is 24.6 Å². The van der Waals surface area contributed by atoms with E-state index < -0.39 is 36.8 Å². The van der Waals surface area contributed by atoms with Crippen molar-refractivity contribution in [1.29, 1.82) is 0 Å². The van der Waals surface area contributed by atoms with E-state index in [-0.39, 0.29) is 29.6 Å². The molecular weight excluding hydrogens is 443 g/mol. The molecule has 168 valence electrons. The van der Waals surface area contributed by atoms with Crippen molar-refractivity contribution in [3.8, 4) is 0 Å². The van der Waals surface area contributed by atoms with Gasteiger partial charge in [-0.3, -0.25) is 24.3 Å². The number of ketones is 1. The van der Waals surface area contributed by atoms with Crippen molar-refractivity contribution in [2.24, 2.45) is 0 Å². The lowest BCUT2D eigenvalue weighted by atomic mass is 9.90. The van der Waals surface area contributed by atoms with E-state index in [0.717, 1.165) is 4.90 Å². The van der Waals surface area contributed by atoms with Gasteiger partial charge >= 0.3 is 6.17 Å². The summed E-state index contributed by atoms with van der Waals surface area (Å²) >= 11 is 5.74. The number of halogens is 4. The van der Waals surface area contributed by atoms with Gasteiger partial charge in [0.25, 0.3) is 5.92 Å². The normalized spacial score (nSPS) is 18.2. The van der Waals surface area contributed by atoms with Gasteiger partial charge in [0.15, 0.2) is 5.78 Å². The van der Waals surface area contributed by atoms with Crippen LogP contribution in [0.3, 0.4) is 0 Å². The number of carbonyl (C=O) groups excluding carboxylic acids is 2. The molecule has 2 atom stereocenters. The van der Waals surface area contributed by atoms with Gasteiger partial charge in [0.1, 0.15) is 12.2 Å². The number of hydrogen-bond acceptors (Lipinski definition) is 3. The van der Waals surface area contributed by atoms with Gasteiger partial charge in [-0.05, 0) is 41.7 Å². The molecule has 3 rings (SSSR count). The van der Waals surface area contributed by atoms with Crippen molar-refractivity contribution in [2.75, 3.05) is 6.54 Å². The Bertz CT molecular complexity index is 1070. The summed E-state index contributed by atoms with van der Waals surface area (Å²) in [6.45, 7) is 8.11. The van der Waals surface area contributed by atoms with E-state index >= 15 is 0 Å². The Morgan fingerprint density at radius 3 is 2.78 bits per heavy atom. The zero-order valence-corrected chi connectivity index (χ0v) is 18.1. The fourth-order valence-electron chi connectivity index (χ4n) is 3.79. The molecule has 1 amide bonds. The van der Waals surface area contributed by atoms with E-state index in [2.05, 4.69) is 9.83 Å². The first kappa shape index (κ1) is 23.7. The van der Waals surface area contributed by atoms with Crippen molar-refractivity contribution in [1.82, 2.24) is 9.88 Å². The van der Waals surface area contributed by atoms with E-state index in [1.165, 1.54) is 18.3 Å². The lowest BCUT2D eigenvalue weighted by Crippen LogP contribution is -2.35. The molecule has 9 heteroatoms. The smallest absolute Gasteiger partial charge is 0.294 e. The molecule has 0 bridgehead atoms. The van der Waals surface area contributed by atoms with E-state index in [1.807, 2.05) is 6.92 Å². The SMILES string of the molecule is [C-]#[N+][C@@H]1CC(F)(F)CN1C(=O)CCC(=O)c1ccncc1CC(C)c1ccc(Cl)c(F)c1. The highest BCUT2D eigenvalue weighted by molar-refractivity contribution is 6.30. The molecule has 1 unspecified atom stereocenters. The predicted molar refractivity (Wildman–Crippen MR) is 113 cm³/mol. The fourth-order valence-corrected chi connectivity index (χ4v) is 3.91. The summed E-state index contributed by atoms with van der Waals surface area (Å²) in [6.07, 6.45) is 1.09. The number of carbonyl (C=O) groups is 2. The fraction of sp³-hybridized carbons (Fsp3) is 0.391. The molecule has 1 fully saturated rings. The molecule has 1 aromatic heterocycles. The van der Waals surface area contributed by atoms with Crippen LogP contribution in [0.1, 0.15) is 53.6 Å². The second-order valence-corrected chi connectivity index (χ2v) is 8.33. The molecule has 2 aromatic rings. The van der Waals surface area contributed by atoms with Gasteiger partial charge < -0.3 is 0 Å². The highest BCUT2D eigenvalue weighted by atomic mass is 35.5. The third kappa shape index (κ3) is 5.46. The van der Waals surface area contributed by atoms with E-state index in [9.17, 15) is 22.8 Å². The molecule has 0 aliphatic carbocycles. The zero-order valence-electron chi connectivity index (χ0n) is 17.3. The van der Waals surface area contributed by atoms with E-state index in [0.29, 0.717) is 23.1 Å². The van der Waals surface area contributed by atoms with Crippen LogP contribution >= 0.6 is 11.6 Å². The Morgan fingerprint density at radius 1 is 1.34 bits per heavy atom. The van der Waals surface area contributed by atoms with Crippen LogP contribution in [0.25, 0.3) is 4.85 Å². The number of nitrogens with zero attached hydrogens (tertiary/aromatic N) is 3. The quantitative estimate of drug-likeness (QED) is 0.414. The van der Waals surface area contributed by atoms with Gasteiger partial charge in [0, 0.05) is 30.8 Å². The molecule has 2 heterocycles. The second kappa shape index (κ2) is 9.70. The average molecular weight is 464 g/mol. The van der Waals surface area contributed by atoms with Crippen molar-refractivity contribution >= 4 is 23.3 Å². The average Bonchev–Trinajstić information content (AvgIpc) is 3.08. The maximum Gasteiger partial charge on any atom is 0.306 e. The number of aromatic nitrogens is 1. The van der Waals surface area contributed by atoms with Crippen molar-refractivity contribution in [3.05, 3.63) is 75.6 Å². The summed E-state index contributed by atoms with van der Waals surface area (Å²) < 4.78 is 40.9. The monoisotopic (exact) mass is 463 g/mol. The van der Waals surface area contributed by atoms with Crippen LogP contribution in [-0.4, -0.2) is 40.2 Å². The van der Waals surface area contributed by atoms with Crippen molar-refractivity contribution < 1.29 is 22.8 Å². The van der Waals surface area contributed by atoms with Crippen LogP contribution in [-0.2, 0) is 11.2 Å². The van der Waals surface area contributed by atoms with E-state index in [1.54, 1.807) is 18.3 Å². The number of pyridine rings is 1. The third-order valence-corrected chi connectivity index (χ3v) is 5.83. The van der Waals surface area contributed by atoms with Crippen LogP contribution in [0.2, 0.25) is 5.02 Å². The summed E-state index contributed by atoms with van der Waals surface area (Å²) in [5, 5.41) is 0.0269. The van der Waals surface area contributed by atoms with Crippen molar-refractivity contribution in [3.63, 3.8) is 0 Å².